The van der Waals surface area contributed by atoms with Gasteiger partial charge in [0.1, 0.15) is 0 Å². The van der Waals surface area contributed by atoms with E-state index in [2.05, 4.69) is 47.8 Å². The quantitative estimate of drug-likeness (QED) is 0.552. The third-order valence-electron chi connectivity index (χ3n) is 3.66. The van der Waals surface area contributed by atoms with Gasteiger partial charge in [-0.25, -0.2) is 0 Å². The Morgan fingerprint density at radius 1 is 1.47 bits per heavy atom. The van der Waals surface area contributed by atoms with Crippen molar-refractivity contribution in [2.24, 2.45) is 0 Å². The Bertz CT molecular complexity index is 253. The van der Waals surface area contributed by atoms with Crippen LogP contribution in [0.25, 0.3) is 0 Å². The molecular formula is C13H25NTi. The van der Waals surface area contributed by atoms with Gasteiger partial charge in [0.05, 0.1) is 0 Å². The summed E-state index contributed by atoms with van der Waals surface area (Å²) in [6.45, 7) is 5.82. The molecule has 1 unspecified atom stereocenters. The van der Waals surface area contributed by atoms with Crippen LogP contribution in [0.2, 0.25) is 10.5 Å². The van der Waals surface area contributed by atoms with E-state index in [1.807, 2.05) is 0 Å². The molecule has 0 aromatic heterocycles. The van der Waals surface area contributed by atoms with E-state index in [-0.39, 0.29) is 0 Å². The SMILES string of the molecule is CCCCN[CH](C)[Ti]([CH3])([CH3])[C]1=CC=CC1. The molecule has 1 N–H and O–H groups in total. The molecule has 0 saturated carbocycles. The van der Waals surface area contributed by atoms with Crippen LogP contribution in [0, 0.1) is 0 Å². The van der Waals surface area contributed by atoms with Gasteiger partial charge in [0.25, 0.3) is 0 Å². The Labute approximate surface area is 98.4 Å². The fraction of sp³-hybridized carbons (Fsp3) is 0.692. The van der Waals surface area contributed by atoms with E-state index in [1.165, 1.54) is 25.8 Å². The molecule has 1 rings (SSSR count). The van der Waals surface area contributed by atoms with Crippen LogP contribution in [0.3, 0.4) is 0 Å². The molecule has 86 valence electrons. The van der Waals surface area contributed by atoms with Gasteiger partial charge in [-0.15, -0.1) is 0 Å². The van der Waals surface area contributed by atoms with Crippen molar-refractivity contribution < 1.29 is 16.6 Å². The molecule has 0 fully saturated rings. The van der Waals surface area contributed by atoms with Crippen LogP contribution in [-0.2, 0) is 16.6 Å². The van der Waals surface area contributed by atoms with Gasteiger partial charge in [-0.05, 0) is 0 Å². The van der Waals surface area contributed by atoms with E-state index in [0.717, 1.165) is 4.35 Å². The first-order valence-corrected chi connectivity index (χ1v) is 11.0. The number of hydrogen-bond donors (Lipinski definition) is 1. The normalized spacial score (nSPS) is 18.0. The van der Waals surface area contributed by atoms with E-state index in [9.17, 15) is 0 Å². The molecule has 0 spiro atoms. The van der Waals surface area contributed by atoms with Crippen molar-refractivity contribution in [3.8, 4) is 0 Å². The van der Waals surface area contributed by atoms with Crippen molar-refractivity contribution in [3.63, 3.8) is 0 Å². The number of unbranched alkanes of at least 4 members (excludes halogenated alkanes) is 1. The summed E-state index contributed by atoms with van der Waals surface area (Å²) in [5, 5.41) is 8.78. The fourth-order valence-corrected chi connectivity index (χ4v) is 5.67. The summed E-state index contributed by atoms with van der Waals surface area (Å²) < 4.78 is 2.48. The van der Waals surface area contributed by atoms with Gasteiger partial charge in [0.2, 0.25) is 0 Å². The molecule has 0 aromatic rings. The molecule has 0 heterocycles. The molecule has 1 atom stereocenters. The van der Waals surface area contributed by atoms with Gasteiger partial charge in [-0.2, -0.15) is 0 Å². The molecule has 15 heavy (non-hydrogen) atoms. The first-order chi connectivity index (χ1) is 7.09. The average molecular weight is 243 g/mol. The van der Waals surface area contributed by atoms with E-state index in [4.69, 9.17) is 0 Å². The molecular weight excluding hydrogens is 218 g/mol. The Morgan fingerprint density at radius 2 is 2.20 bits per heavy atom. The molecule has 0 bridgehead atoms. The van der Waals surface area contributed by atoms with Crippen molar-refractivity contribution in [2.75, 3.05) is 6.54 Å². The Hall–Kier alpha value is 0.154. The maximum atomic E-state index is 3.72. The number of nitrogens with one attached hydrogen (secondary N) is 1. The first kappa shape index (κ1) is 13.2. The number of hydrogen-bond acceptors (Lipinski definition) is 1. The monoisotopic (exact) mass is 243 g/mol. The first-order valence-electron chi connectivity index (χ1n) is 6.18. The topological polar surface area (TPSA) is 12.0 Å². The standard InChI is InChI=1S/C6H14N.C5H5.2CH3.Ti/c1-3-5-6-7-4-2;1-2-4-5-3-1;;;/h4,7H,3,5-6H2,1-2H3;1-3H,4H2;2*1H3;. The summed E-state index contributed by atoms with van der Waals surface area (Å²) in [7, 11) is 0. The van der Waals surface area contributed by atoms with Gasteiger partial charge in [0.15, 0.2) is 0 Å². The zero-order chi connectivity index (χ0) is 11.3. The molecule has 1 nitrogen and oxygen atoms in total. The predicted molar refractivity (Wildman–Crippen MR) is 65.9 cm³/mol. The third kappa shape index (κ3) is 3.58. The van der Waals surface area contributed by atoms with Crippen LogP contribution < -0.4 is 5.32 Å². The molecule has 0 aromatic carbocycles. The van der Waals surface area contributed by atoms with Crippen molar-refractivity contribution in [3.05, 3.63) is 22.1 Å². The second-order valence-corrected chi connectivity index (χ2v) is 12.8. The molecule has 0 radical (unpaired) electrons. The van der Waals surface area contributed by atoms with Crippen LogP contribution in [0.4, 0.5) is 0 Å². The van der Waals surface area contributed by atoms with Crippen molar-refractivity contribution in [1.82, 2.24) is 5.32 Å². The van der Waals surface area contributed by atoms with Gasteiger partial charge in [0, 0.05) is 0 Å². The molecule has 1 aliphatic rings. The molecule has 0 aliphatic heterocycles. The summed E-state index contributed by atoms with van der Waals surface area (Å²) in [4.78, 5) is 0. The van der Waals surface area contributed by atoms with Crippen molar-refractivity contribution in [1.29, 1.82) is 0 Å². The molecule has 0 saturated heterocycles. The summed E-state index contributed by atoms with van der Waals surface area (Å²) in [6, 6.07) is 0. The molecule has 1 aliphatic carbocycles. The fourth-order valence-electron chi connectivity index (χ4n) is 1.95. The minimum atomic E-state index is -1.77. The van der Waals surface area contributed by atoms with E-state index >= 15 is 0 Å². The maximum absolute atomic E-state index is 3.72. The van der Waals surface area contributed by atoms with E-state index < -0.39 is 16.6 Å². The zero-order valence-electron chi connectivity index (χ0n) is 10.6. The van der Waals surface area contributed by atoms with E-state index in [0.29, 0.717) is 0 Å². The molecule has 0 amide bonds. The van der Waals surface area contributed by atoms with Gasteiger partial charge >= 0.3 is 98.5 Å². The van der Waals surface area contributed by atoms with Gasteiger partial charge in [-0.3, -0.25) is 0 Å². The summed E-state index contributed by atoms with van der Waals surface area (Å²) in [5.41, 5.74) is 0. The van der Waals surface area contributed by atoms with Crippen molar-refractivity contribution in [2.45, 2.75) is 47.9 Å². The zero-order valence-corrected chi connectivity index (χ0v) is 12.2. The predicted octanol–water partition coefficient (Wildman–Crippen LogP) is 3.82. The summed E-state index contributed by atoms with van der Waals surface area (Å²) in [5.74, 6) is 0. The van der Waals surface area contributed by atoms with Crippen molar-refractivity contribution >= 4 is 0 Å². The van der Waals surface area contributed by atoms with Crippen LogP contribution in [0.15, 0.2) is 22.1 Å². The second-order valence-electron chi connectivity index (χ2n) is 5.08. The van der Waals surface area contributed by atoms with Crippen LogP contribution in [0.1, 0.15) is 33.1 Å². The van der Waals surface area contributed by atoms with Gasteiger partial charge < -0.3 is 0 Å². The Morgan fingerprint density at radius 3 is 2.73 bits per heavy atom. The third-order valence-corrected chi connectivity index (χ3v) is 10.5. The van der Waals surface area contributed by atoms with Crippen LogP contribution >= 0.6 is 0 Å². The number of rotatable bonds is 6. The molecule has 2 heteroatoms. The van der Waals surface area contributed by atoms with Crippen LogP contribution in [0.5, 0.6) is 0 Å². The number of allylic oxidation sites excluding steroid dienone is 4. The minimum absolute atomic E-state index is 0.739. The summed E-state index contributed by atoms with van der Waals surface area (Å²) in [6.07, 6.45) is 10.7. The van der Waals surface area contributed by atoms with Gasteiger partial charge in [-0.1, -0.05) is 0 Å². The summed E-state index contributed by atoms with van der Waals surface area (Å²) >= 11 is -1.77. The van der Waals surface area contributed by atoms with E-state index in [1.54, 1.807) is 3.88 Å². The average Bonchev–Trinajstić information content (AvgIpc) is 2.71. The Balaban J connectivity index is 2.45. The second kappa shape index (κ2) is 6.03. The van der Waals surface area contributed by atoms with Crippen LogP contribution in [-0.4, -0.2) is 10.9 Å². The Kier molecular flexibility index (Phi) is 5.31.